The maximum atomic E-state index is 8.12. The van der Waals surface area contributed by atoms with E-state index in [1.165, 1.54) is 16.2 Å². The molecule has 0 saturated carbocycles. The minimum atomic E-state index is 0. The van der Waals surface area contributed by atoms with Crippen molar-refractivity contribution in [3.63, 3.8) is 0 Å². The molecule has 0 amide bonds. The molecule has 1 nitrogen and oxygen atoms in total. The summed E-state index contributed by atoms with van der Waals surface area (Å²) in [4.78, 5) is 0. The third-order valence-electron chi connectivity index (χ3n) is 0. The average molecular weight is 311 g/mol. The summed E-state index contributed by atoms with van der Waals surface area (Å²) in [5, 5.41) is 0. The fraction of sp³-hybridized carbons (Fsp3) is 0. The van der Waals surface area contributed by atoms with Gasteiger partial charge in [-0.2, -0.15) is 0 Å². The molecule has 0 fully saturated rings. The van der Waals surface area contributed by atoms with Crippen LogP contribution in [0.1, 0.15) is 0 Å². The van der Waals surface area contributed by atoms with Gasteiger partial charge < -0.3 is 0 Å². The third kappa shape index (κ3) is 26.1. The predicted molar refractivity (Wildman–Crippen MR) is 31.7 cm³/mol. The van der Waals surface area contributed by atoms with Gasteiger partial charge in [0.15, 0.2) is 0 Å². The normalized spacial score (nSPS) is 0.800. The van der Waals surface area contributed by atoms with Crippen LogP contribution in [0.3, 0.4) is 0 Å². The van der Waals surface area contributed by atoms with E-state index in [0.29, 0.717) is 0 Å². The van der Waals surface area contributed by atoms with Crippen LogP contribution in [0.5, 0.6) is 0 Å². The summed E-state index contributed by atoms with van der Waals surface area (Å²) in [5.41, 5.74) is 0. The molecule has 0 aliphatic heterocycles. The van der Waals surface area contributed by atoms with Crippen LogP contribution in [0.15, 0.2) is 0 Å². The molecule has 0 atom stereocenters. The van der Waals surface area contributed by atoms with E-state index in [1.54, 1.807) is 0 Å². The zero-order valence-electron chi connectivity index (χ0n) is 2.04. The molecule has 0 saturated heterocycles. The van der Waals surface area contributed by atoms with Gasteiger partial charge in [-0.15, -0.1) is 50.9 Å². The Morgan fingerprint density at radius 3 is 0.800 bits per heavy atom. The van der Waals surface area contributed by atoms with Crippen molar-refractivity contribution in [2.75, 3.05) is 0 Å². The fourth-order valence-electron chi connectivity index (χ4n) is 0. The summed E-state index contributed by atoms with van der Waals surface area (Å²) in [6.07, 6.45) is 0. The van der Waals surface area contributed by atoms with Crippen LogP contribution in [0, 0.1) is 0 Å². The van der Waals surface area contributed by atoms with Gasteiger partial charge in [0.2, 0.25) is 0 Å². The Morgan fingerprint density at radius 1 is 0.800 bits per heavy atom. The number of rotatable bonds is 0. The van der Waals surface area contributed by atoms with Crippen molar-refractivity contribution in [2.45, 2.75) is 0 Å². The van der Waals surface area contributed by atoms with Gasteiger partial charge in [0.25, 0.3) is 0 Å². The summed E-state index contributed by atoms with van der Waals surface area (Å²) in [7, 11) is 0. The molecule has 36 valence electrons. The Balaban J connectivity index is -0.00000000167. The molecule has 0 aromatic carbocycles. The van der Waals surface area contributed by atoms with Crippen molar-refractivity contribution in [2.24, 2.45) is 0 Å². The molecule has 0 spiro atoms. The fourth-order valence-corrected chi connectivity index (χ4v) is 0. The van der Waals surface area contributed by atoms with Crippen molar-refractivity contribution in [1.29, 1.82) is 0 Å². The van der Waals surface area contributed by atoms with Crippen molar-refractivity contribution in [3.8, 4) is 0 Å². The Bertz CT molecular complexity index is 6.85. The van der Waals surface area contributed by atoms with Gasteiger partial charge >= 0.3 is 20.0 Å². The van der Waals surface area contributed by atoms with E-state index in [4.69, 9.17) is 3.80 Å². The van der Waals surface area contributed by atoms with E-state index < -0.39 is 0 Å². The van der Waals surface area contributed by atoms with Crippen LogP contribution < -0.4 is 0 Å². The Morgan fingerprint density at radius 2 is 0.800 bits per heavy atom. The van der Waals surface area contributed by atoms with Gasteiger partial charge in [0.1, 0.15) is 0 Å². The molecular formula is H3Br3CrO. The Kier molecular flexibility index (Phi) is 246. The van der Waals surface area contributed by atoms with Crippen molar-refractivity contribution in [3.05, 3.63) is 0 Å². The molecule has 0 bridgehead atoms. The van der Waals surface area contributed by atoms with E-state index >= 15 is 0 Å². The monoisotopic (exact) mass is 308 g/mol. The minimum absolute atomic E-state index is 0. The molecule has 5 heavy (non-hydrogen) atoms. The summed E-state index contributed by atoms with van der Waals surface area (Å²) < 4.78 is 8.12. The number of hydrogen-bond acceptors (Lipinski definition) is 1. The van der Waals surface area contributed by atoms with Crippen LogP contribution in [0.4, 0.5) is 0 Å². The van der Waals surface area contributed by atoms with Crippen molar-refractivity contribution >= 4 is 50.9 Å². The zero-order valence-corrected chi connectivity index (χ0v) is 8.46. The number of halogens is 3. The second-order valence-electron chi connectivity index (χ2n) is 0. The van der Waals surface area contributed by atoms with E-state index in [2.05, 4.69) is 0 Å². The SMILES string of the molecule is Br.Br.Br.[O]=[Cr]. The zero-order chi connectivity index (χ0) is 2.00. The van der Waals surface area contributed by atoms with Crippen molar-refractivity contribution < 1.29 is 20.0 Å². The average Bonchev–Trinajstić information content (AvgIpc) is 1.00. The van der Waals surface area contributed by atoms with Gasteiger partial charge in [0, 0.05) is 0 Å². The predicted octanol–water partition coefficient (Wildman–Crippen LogP) is 1.61. The van der Waals surface area contributed by atoms with E-state index in [-0.39, 0.29) is 50.9 Å². The molecule has 0 heterocycles. The molecule has 0 aromatic heterocycles. The molecule has 0 aromatic rings. The van der Waals surface area contributed by atoms with Crippen molar-refractivity contribution in [1.82, 2.24) is 0 Å². The summed E-state index contributed by atoms with van der Waals surface area (Å²) in [6, 6.07) is 0. The van der Waals surface area contributed by atoms with Gasteiger partial charge in [-0.25, -0.2) is 0 Å². The first kappa shape index (κ1) is 29.4. The maximum absolute atomic E-state index is 8.12. The molecule has 0 N–H and O–H groups in total. The second kappa shape index (κ2) is 41.8. The van der Waals surface area contributed by atoms with Crippen LogP contribution in [-0.4, -0.2) is 0 Å². The Labute approximate surface area is 70.5 Å². The molecule has 0 rings (SSSR count). The first-order chi connectivity index (χ1) is 1.00. The van der Waals surface area contributed by atoms with Gasteiger partial charge in [-0.3, -0.25) is 0 Å². The van der Waals surface area contributed by atoms with E-state index in [9.17, 15) is 0 Å². The standard InChI is InChI=1S/3BrH.Cr.O/h3*1H;;. The molecule has 0 aliphatic carbocycles. The van der Waals surface area contributed by atoms with Crippen LogP contribution in [0.25, 0.3) is 0 Å². The van der Waals surface area contributed by atoms with Crippen LogP contribution in [-0.2, 0) is 20.0 Å². The van der Waals surface area contributed by atoms with E-state index in [1.807, 2.05) is 0 Å². The summed E-state index contributed by atoms with van der Waals surface area (Å²) in [5.74, 6) is 0. The molecule has 0 aliphatic rings. The third-order valence-corrected chi connectivity index (χ3v) is 0. The molecule has 0 unspecified atom stereocenters. The first-order valence-corrected chi connectivity index (χ1v) is 0.687. The second-order valence-corrected chi connectivity index (χ2v) is 0. The molecule has 5 heteroatoms. The van der Waals surface area contributed by atoms with Gasteiger partial charge in [-0.1, -0.05) is 0 Å². The first-order valence-electron chi connectivity index (χ1n) is 0.167. The quantitative estimate of drug-likeness (QED) is 0.664. The topological polar surface area (TPSA) is 17.1 Å². The summed E-state index contributed by atoms with van der Waals surface area (Å²) in [6.45, 7) is 0. The van der Waals surface area contributed by atoms with Gasteiger partial charge in [0.05, 0.1) is 0 Å². The summed E-state index contributed by atoms with van der Waals surface area (Å²) >= 11 is 1.38. The number of hydrogen-bond donors (Lipinski definition) is 0. The van der Waals surface area contributed by atoms with E-state index in [0.717, 1.165) is 0 Å². The molecular weight excluding hydrogens is 308 g/mol. The molecule has 0 radical (unpaired) electrons. The van der Waals surface area contributed by atoms with Crippen LogP contribution in [0.2, 0.25) is 0 Å². The van der Waals surface area contributed by atoms with Crippen LogP contribution >= 0.6 is 50.9 Å². The van der Waals surface area contributed by atoms with Gasteiger partial charge in [-0.05, 0) is 0 Å². The Hall–Kier alpha value is 1.77.